The molecule has 0 rings (SSSR count). The van der Waals surface area contributed by atoms with Crippen molar-refractivity contribution in [3.8, 4) is 0 Å². The van der Waals surface area contributed by atoms with Crippen molar-refractivity contribution < 1.29 is 0 Å². The van der Waals surface area contributed by atoms with Gasteiger partial charge in [-0.25, -0.2) is 0 Å². The summed E-state index contributed by atoms with van der Waals surface area (Å²) in [5, 5.41) is 7.48. The SMILES string of the molecule is C=C(C)SC(=C)C(=N)C(=C)C. The summed E-state index contributed by atoms with van der Waals surface area (Å²) in [7, 11) is 0. The summed E-state index contributed by atoms with van der Waals surface area (Å²) in [5.41, 5.74) is 1.15. The van der Waals surface area contributed by atoms with Crippen LogP contribution in [0, 0.1) is 5.41 Å². The Hall–Kier alpha value is -0.760. The Labute approximate surface area is 72.4 Å². The van der Waals surface area contributed by atoms with E-state index >= 15 is 0 Å². The van der Waals surface area contributed by atoms with Crippen LogP contribution in [0.5, 0.6) is 0 Å². The third-order valence-corrected chi connectivity index (χ3v) is 1.80. The number of hydrogen-bond acceptors (Lipinski definition) is 2. The maximum atomic E-state index is 7.48. The lowest BCUT2D eigenvalue weighted by molar-refractivity contribution is 1.47. The zero-order valence-corrected chi connectivity index (χ0v) is 7.85. The molecule has 0 aromatic rings. The maximum absolute atomic E-state index is 7.48. The van der Waals surface area contributed by atoms with Gasteiger partial charge in [0.1, 0.15) is 0 Å². The minimum atomic E-state index is 0.415. The number of thioether (sulfide) groups is 1. The molecule has 0 atom stereocenters. The number of hydrogen-bond donors (Lipinski definition) is 1. The van der Waals surface area contributed by atoms with Gasteiger partial charge in [0.25, 0.3) is 0 Å². The number of allylic oxidation sites excluding steroid dienone is 3. The molecule has 0 bridgehead atoms. The van der Waals surface area contributed by atoms with Gasteiger partial charge >= 0.3 is 0 Å². The first-order valence-corrected chi connectivity index (χ1v) is 4.04. The van der Waals surface area contributed by atoms with Gasteiger partial charge in [-0.1, -0.05) is 31.5 Å². The second-order valence-corrected chi connectivity index (χ2v) is 3.78. The molecule has 1 nitrogen and oxygen atoms in total. The van der Waals surface area contributed by atoms with Crippen LogP contribution in [-0.4, -0.2) is 5.71 Å². The van der Waals surface area contributed by atoms with Crippen LogP contribution in [0.15, 0.2) is 35.1 Å². The highest BCUT2D eigenvalue weighted by molar-refractivity contribution is 8.07. The van der Waals surface area contributed by atoms with E-state index in [4.69, 9.17) is 5.41 Å². The van der Waals surface area contributed by atoms with Crippen molar-refractivity contribution in [3.05, 3.63) is 35.1 Å². The molecular formula is C9H13NS. The van der Waals surface area contributed by atoms with Gasteiger partial charge in [0.15, 0.2) is 0 Å². The first-order chi connectivity index (χ1) is 4.95. The third kappa shape index (κ3) is 3.83. The second kappa shape index (κ2) is 4.19. The Kier molecular flexibility index (Phi) is 3.90. The van der Waals surface area contributed by atoms with Gasteiger partial charge in [0.2, 0.25) is 0 Å². The second-order valence-electron chi connectivity index (χ2n) is 2.38. The van der Waals surface area contributed by atoms with E-state index in [2.05, 4.69) is 19.7 Å². The molecule has 0 amide bonds. The average Bonchev–Trinajstić information content (AvgIpc) is 1.84. The zero-order chi connectivity index (χ0) is 9.02. The predicted molar refractivity (Wildman–Crippen MR) is 54.1 cm³/mol. The Morgan fingerprint density at radius 1 is 1.18 bits per heavy atom. The van der Waals surface area contributed by atoms with E-state index in [0.29, 0.717) is 10.6 Å². The fourth-order valence-electron chi connectivity index (χ4n) is 0.499. The molecule has 0 aliphatic rings. The normalized spacial score (nSPS) is 8.91. The Bertz CT molecular complexity index is 226. The van der Waals surface area contributed by atoms with Gasteiger partial charge in [0.05, 0.1) is 5.71 Å². The summed E-state index contributed by atoms with van der Waals surface area (Å²) in [4.78, 5) is 1.66. The van der Waals surface area contributed by atoms with E-state index in [9.17, 15) is 0 Å². The molecular weight excluding hydrogens is 154 g/mol. The van der Waals surface area contributed by atoms with Crippen LogP contribution in [0.2, 0.25) is 0 Å². The van der Waals surface area contributed by atoms with Gasteiger partial charge < -0.3 is 0 Å². The van der Waals surface area contributed by atoms with E-state index in [1.54, 1.807) is 6.92 Å². The van der Waals surface area contributed by atoms with Crippen LogP contribution in [-0.2, 0) is 0 Å². The van der Waals surface area contributed by atoms with E-state index in [1.165, 1.54) is 11.8 Å². The molecule has 2 heteroatoms. The first-order valence-electron chi connectivity index (χ1n) is 3.22. The van der Waals surface area contributed by atoms with Crippen molar-refractivity contribution in [2.75, 3.05) is 0 Å². The molecule has 1 N–H and O–H groups in total. The monoisotopic (exact) mass is 167 g/mol. The highest BCUT2D eigenvalue weighted by atomic mass is 32.2. The molecule has 60 valence electrons. The Balaban J connectivity index is 4.16. The van der Waals surface area contributed by atoms with Crippen molar-refractivity contribution in [2.45, 2.75) is 13.8 Å². The summed E-state index contributed by atoms with van der Waals surface area (Å²) in [6.45, 7) is 14.8. The van der Waals surface area contributed by atoms with Crippen molar-refractivity contribution in [2.24, 2.45) is 0 Å². The highest BCUT2D eigenvalue weighted by Crippen LogP contribution is 2.24. The summed E-state index contributed by atoms with van der Waals surface area (Å²) >= 11 is 1.42. The van der Waals surface area contributed by atoms with E-state index < -0.39 is 0 Å². The predicted octanol–water partition coefficient (Wildman–Crippen LogP) is 3.36. The fourth-order valence-corrected chi connectivity index (χ4v) is 1.20. The molecule has 0 fully saturated rings. The topological polar surface area (TPSA) is 23.9 Å². The van der Waals surface area contributed by atoms with Crippen LogP contribution in [0.4, 0.5) is 0 Å². The molecule has 0 aromatic carbocycles. The van der Waals surface area contributed by atoms with E-state index in [0.717, 1.165) is 10.5 Å². The van der Waals surface area contributed by atoms with Crippen LogP contribution in [0.25, 0.3) is 0 Å². The Morgan fingerprint density at radius 3 is 1.91 bits per heavy atom. The van der Waals surface area contributed by atoms with Gasteiger partial charge in [0, 0.05) is 4.91 Å². The molecule has 0 spiro atoms. The molecule has 0 saturated heterocycles. The summed E-state index contributed by atoms with van der Waals surface area (Å²) in [6.07, 6.45) is 0. The minimum Gasteiger partial charge on any atom is -0.299 e. The van der Waals surface area contributed by atoms with Crippen LogP contribution >= 0.6 is 11.8 Å². The molecule has 11 heavy (non-hydrogen) atoms. The molecule has 0 unspecified atom stereocenters. The molecule has 0 radical (unpaired) electrons. The van der Waals surface area contributed by atoms with E-state index in [1.807, 2.05) is 6.92 Å². The maximum Gasteiger partial charge on any atom is 0.0696 e. The van der Waals surface area contributed by atoms with Gasteiger partial charge in [-0.3, -0.25) is 5.41 Å². The van der Waals surface area contributed by atoms with Crippen molar-refractivity contribution in [1.82, 2.24) is 0 Å². The third-order valence-electron chi connectivity index (χ3n) is 1.00. The van der Waals surface area contributed by atoms with Gasteiger partial charge in [-0.2, -0.15) is 0 Å². The average molecular weight is 167 g/mol. The van der Waals surface area contributed by atoms with Crippen LogP contribution < -0.4 is 0 Å². The zero-order valence-electron chi connectivity index (χ0n) is 7.03. The molecule has 0 heterocycles. The Morgan fingerprint density at radius 2 is 1.64 bits per heavy atom. The fraction of sp³-hybridized carbons (Fsp3) is 0.222. The van der Waals surface area contributed by atoms with Crippen LogP contribution in [0.1, 0.15) is 13.8 Å². The molecule has 0 aromatic heterocycles. The lowest BCUT2D eigenvalue weighted by atomic mass is 10.2. The van der Waals surface area contributed by atoms with Crippen molar-refractivity contribution >= 4 is 17.5 Å². The highest BCUT2D eigenvalue weighted by Gasteiger charge is 2.03. The lowest BCUT2D eigenvalue weighted by Gasteiger charge is -2.05. The van der Waals surface area contributed by atoms with Crippen LogP contribution in [0.3, 0.4) is 0 Å². The smallest absolute Gasteiger partial charge is 0.0696 e. The van der Waals surface area contributed by atoms with Gasteiger partial charge in [-0.05, 0) is 24.3 Å². The minimum absolute atomic E-state index is 0.415. The summed E-state index contributed by atoms with van der Waals surface area (Å²) < 4.78 is 0. The van der Waals surface area contributed by atoms with Crippen molar-refractivity contribution in [1.29, 1.82) is 5.41 Å². The molecule has 0 aliphatic heterocycles. The summed E-state index contributed by atoms with van der Waals surface area (Å²) in [5.74, 6) is 0. The number of rotatable bonds is 4. The van der Waals surface area contributed by atoms with Gasteiger partial charge in [-0.15, -0.1) is 0 Å². The van der Waals surface area contributed by atoms with Crippen molar-refractivity contribution in [3.63, 3.8) is 0 Å². The first kappa shape index (κ1) is 10.2. The van der Waals surface area contributed by atoms with E-state index in [-0.39, 0.29) is 0 Å². The molecule has 0 saturated carbocycles. The largest absolute Gasteiger partial charge is 0.299 e. The number of nitrogens with one attached hydrogen (secondary N) is 1. The summed E-state index contributed by atoms with van der Waals surface area (Å²) in [6, 6.07) is 0. The quantitative estimate of drug-likeness (QED) is 0.638. The lowest BCUT2D eigenvalue weighted by Crippen LogP contribution is -1.96. The standard InChI is InChI=1S/C9H13NS/c1-6(2)9(10)8(5)11-7(3)4/h10H,1,3,5H2,2,4H3. The molecule has 0 aliphatic carbocycles.